The Morgan fingerprint density at radius 1 is 1.21 bits per heavy atom. The van der Waals surface area contributed by atoms with Crippen molar-refractivity contribution in [3.8, 4) is 0 Å². The minimum Gasteiger partial charge on any atom is -0.385 e. The first-order chi connectivity index (χ1) is 13.8. The van der Waals surface area contributed by atoms with Gasteiger partial charge < -0.3 is 9.74 Å². The zero-order valence-corrected chi connectivity index (χ0v) is 18.2. The van der Waals surface area contributed by atoms with E-state index < -0.39 is 10.0 Å². The van der Waals surface area contributed by atoms with Crippen LogP contribution in [0.15, 0.2) is 23.1 Å². The number of piperidine rings is 1. The zero-order valence-electron chi connectivity index (χ0n) is 17.4. The second-order valence-corrected chi connectivity index (χ2v) is 9.66. The van der Waals surface area contributed by atoms with E-state index in [0.717, 1.165) is 11.3 Å². The molecular weight excluding hydrogens is 394 g/mol. The van der Waals surface area contributed by atoms with Crippen LogP contribution in [0.4, 0.5) is 0 Å². The maximum atomic E-state index is 13.2. The SMILES string of the molecule is CCN(CC)C(=O)COn1nnc2ccc(S(=O)(=O)N3C[C@H](C)C[C@H](C)C3)cc21. The standard InChI is InChI=1S/C19H29N5O4S/c1-5-22(6-2)19(25)13-28-24-18-10-16(7-8-17(18)20-21-24)29(26,27)23-11-14(3)9-15(4)12-23/h7-8,10,14-15H,5-6,9,11-13H2,1-4H3/t14-,15+. The number of carbonyl (C=O) groups is 1. The van der Waals surface area contributed by atoms with Crippen LogP contribution in [0.2, 0.25) is 0 Å². The predicted octanol–water partition coefficient (Wildman–Crippen LogP) is 1.39. The number of carbonyl (C=O) groups excluding carboxylic acids is 1. The van der Waals surface area contributed by atoms with Crippen molar-refractivity contribution >= 4 is 27.0 Å². The van der Waals surface area contributed by atoms with Crippen LogP contribution in [-0.4, -0.2) is 71.5 Å². The molecule has 1 aliphatic heterocycles. The van der Waals surface area contributed by atoms with Gasteiger partial charge in [-0.2, -0.15) is 4.31 Å². The fourth-order valence-corrected chi connectivity index (χ4v) is 5.57. The summed E-state index contributed by atoms with van der Waals surface area (Å²) in [4.78, 5) is 20.6. The van der Waals surface area contributed by atoms with Crippen molar-refractivity contribution in [3.05, 3.63) is 18.2 Å². The van der Waals surface area contributed by atoms with Gasteiger partial charge in [0.15, 0.2) is 6.61 Å². The van der Waals surface area contributed by atoms with Crippen molar-refractivity contribution in [2.75, 3.05) is 32.8 Å². The first-order valence-electron chi connectivity index (χ1n) is 10.0. The molecule has 0 spiro atoms. The molecule has 29 heavy (non-hydrogen) atoms. The summed E-state index contributed by atoms with van der Waals surface area (Å²) in [6.45, 7) is 9.93. The molecule has 10 heteroatoms. The second kappa shape index (κ2) is 8.66. The van der Waals surface area contributed by atoms with E-state index in [0.29, 0.717) is 49.0 Å². The summed E-state index contributed by atoms with van der Waals surface area (Å²) >= 11 is 0. The Morgan fingerprint density at radius 3 is 2.48 bits per heavy atom. The van der Waals surface area contributed by atoms with Crippen LogP contribution < -0.4 is 4.84 Å². The third-order valence-electron chi connectivity index (χ3n) is 5.29. The molecule has 3 rings (SSSR count). The zero-order chi connectivity index (χ0) is 21.2. The van der Waals surface area contributed by atoms with Gasteiger partial charge in [-0.15, -0.1) is 5.10 Å². The van der Waals surface area contributed by atoms with Gasteiger partial charge in [-0.3, -0.25) is 4.79 Å². The number of amides is 1. The van der Waals surface area contributed by atoms with E-state index in [-0.39, 0.29) is 17.4 Å². The number of sulfonamides is 1. The van der Waals surface area contributed by atoms with Gasteiger partial charge in [0, 0.05) is 26.2 Å². The number of aromatic nitrogens is 3. The van der Waals surface area contributed by atoms with Gasteiger partial charge in [0.25, 0.3) is 5.91 Å². The fourth-order valence-electron chi connectivity index (χ4n) is 3.87. The topological polar surface area (TPSA) is 97.6 Å². The van der Waals surface area contributed by atoms with Crippen LogP contribution >= 0.6 is 0 Å². The highest BCUT2D eigenvalue weighted by molar-refractivity contribution is 7.89. The van der Waals surface area contributed by atoms with Gasteiger partial charge in [-0.1, -0.05) is 18.7 Å². The molecule has 2 atom stereocenters. The number of benzene rings is 1. The molecule has 1 aromatic heterocycles. The summed E-state index contributed by atoms with van der Waals surface area (Å²) < 4.78 is 27.9. The van der Waals surface area contributed by atoms with E-state index >= 15 is 0 Å². The molecular formula is C19H29N5O4S. The number of hydrogen-bond acceptors (Lipinski definition) is 6. The highest BCUT2D eigenvalue weighted by Crippen LogP contribution is 2.27. The van der Waals surface area contributed by atoms with E-state index in [1.807, 2.05) is 13.8 Å². The Bertz CT molecular complexity index is 960. The quantitative estimate of drug-likeness (QED) is 0.668. The Hall–Kier alpha value is -2.20. The summed E-state index contributed by atoms with van der Waals surface area (Å²) in [7, 11) is -3.63. The molecule has 0 bridgehead atoms. The monoisotopic (exact) mass is 423 g/mol. The molecule has 0 saturated carbocycles. The minimum atomic E-state index is -3.63. The Labute approximate surface area is 171 Å². The highest BCUT2D eigenvalue weighted by atomic mass is 32.2. The summed E-state index contributed by atoms with van der Waals surface area (Å²) in [5.41, 5.74) is 0.913. The fraction of sp³-hybridized carbons (Fsp3) is 0.632. The van der Waals surface area contributed by atoms with Crippen LogP contribution in [0.25, 0.3) is 11.0 Å². The third-order valence-corrected chi connectivity index (χ3v) is 7.11. The van der Waals surface area contributed by atoms with E-state index in [1.54, 1.807) is 21.3 Å². The molecule has 1 aromatic carbocycles. The highest BCUT2D eigenvalue weighted by Gasteiger charge is 2.32. The number of hydrogen-bond donors (Lipinski definition) is 0. The summed E-state index contributed by atoms with van der Waals surface area (Å²) in [5, 5.41) is 7.90. The third kappa shape index (κ3) is 4.53. The molecule has 0 radical (unpaired) electrons. The van der Waals surface area contributed by atoms with Gasteiger partial charge in [0.1, 0.15) is 11.0 Å². The van der Waals surface area contributed by atoms with Gasteiger partial charge in [0.05, 0.1) is 4.90 Å². The minimum absolute atomic E-state index is 0.168. The lowest BCUT2D eigenvalue weighted by atomic mass is 9.94. The van der Waals surface area contributed by atoms with E-state index in [4.69, 9.17) is 4.84 Å². The van der Waals surface area contributed by atoms with Crippen molar-refractivity contribution in [1.29, 1.82) is 0 Å². The van der Waals surface area contributed by atoms with Crippen molar-refractivity contribution in [3.63, 3.8) is 0 Å². The van der Waals surface area contributed by atoms with E-state index in [2.05, 4.69) is 24.2 Å². The number of nitrogens with zero attached hydrogens (tertiary/aromatic N) is 5. The van der Waals surface area contributed by atoms with Crippen LogP contribution in [-0.2, 0) is 14.8 Å². The molecule has 0 unspecified atom stereocenters. The van der Waals surface area contributed by atoms with Crippen LogP contribution in [0.5, 0.6) is 0 Å². The van der Waals surface area contributed by atoms with Crippen molar-refractivity contribution < 1.29 is 18.0 Å². The Morgan fingerprint density at radius 2 is 1.86 bits per heavy atom. The molecule has 0 N–H and O–H groups in total. The van der Waals surface area contributed by atoms with Gasteiger partial charge >= 0.3 is 0 Å². The molecule has 1 saturated heterocycles. The Balaban J connectivity index is 1.84. The van der Waals surface area contributed by atoms with Crippen LogP contribution in [0.1, 0.15) is 34.1 Å². The normalized spacial score (nSPS) is 20.7. The summed E-state index contributed by atoms with van der Waals surface area (Å²) in [5.74, 6) is 0.469. The molecule has 1 aliphatic rings. The lowest BCUT2D eigenvalue weighted by Gasteiger charge is -2.34. The second-order valence-electron chi connectivity index (χ2n) is 7.72. The van der Waals surface area contributed by atoms with Crippen molar-refractivity contribution in [1.82, 2.24) is 24.4 Å². The first kappa shape index (κ1) is 21.5. The predicted molar refractivity (Wildman–Crippen MR) is 109 cm³/mol. The molecule has 1 fully saturated rings. The van der Waals surface area contributed by atoms with E-state index in [1.165, 1.54) is 6.07 Å². The molecule has 2 aromatic rings. The van der Waals surface area contributed by atoms with Gasteiger partial charge in [-0.05, 0) is 55.5 Å². The van der Waals surface area contributed by atoms with Crippen molar-refractivity contribution in [2.45, 2.75) is 39.0 Å². The van der Waals surface area contributed by atoms with Crippen LogP contribution in [0.3, 0.4) is 0 Å². The summed E-state index contributed by atoms with van der Waals surface area (Å²) in [6, 6.07) is 4.66. The van der Waals surface area contributed by atoms with Gasteiger partial charge in [-0.25, -0.2) is 8.42 Å². The van der Waals surface area contributed by atoms with E-state index in [9.17, 15) is 13.2 Å². The van der Waals surface area contributed by atoms with Gasteiger partial charge in [0.2, 0.25) is 10.0 Å². The average molecular weight is 424 g/mol. The lowest BCUT2D eigenvalue weighted by Crippen LogP contribution is -2.42. The lowest BCUT2D eigenvalue weighted by molar-refractivity contribution is -0.136. The maximum Gasteiger partial charge on any atom is 0.263 e. The summed E-state index contributed by atoms with van der Waals surface area (Å²) in [6.07, 6.45) is 1.02. The van der Waals surface area contributed by atoms with Crippen LogP contribution in [0, 0.1) is 11.8 Å². The molecule has 9 nitrogen and oxygen atoms in total. The molecule has 0 aliphatic carbocycles. The van der Waals surface area contributed by atoms with Crippen molar-refractivity contribution in [2.24, 2.45) is 11.8 Å². The first-order valence-corrected chi connectivity index (χ1v) is 11.5. The Kier molecular flexibility index (Phi) is 6.42. The maximum absolute atomic E-state index is 13.2. The molecule has 160 valence electrons. The molecule has 1 amide bonds. The number of rotatable bonds is 7. The number of fused-ring (bicyclic) bond motifs is 1. The molecule has 2 heterocycles. The smallest absolute Gasteiger partial charge is 0.263 e. The largest absolute Gasteiger partial charge is 0.385 e. The number of likely N-dealkylation sites (N-methyl/N-ethyl adjacent to an activating group) is 1. The average Bonchev–Trinajstić information content (AvgIpc) is 3.09.